The summed E-state index contributed by atoms with van der Waals surface area (Å²) in [4.78, 5) is 31.3. The molecule has 18 heteroatoms. The van der Waals surface area contributed by atoms with Gasteiger partial charge in [-0.3, -0.25) is 9.59 Å². The molecule has 0 spiro atoms. The first-order chi connectivity index (χ1) is 25.4. The van der Waals surface area contributed by atoms with Gasteiger partial charge in [0.25, 0.3) is 11.8 Å². The van der Waals surface area contributed by atoms with E-state index in [1.807, 2.05) is 0 Å². The molecule has 0 heterocycles. The Morgan fingerprint density at radius 3 is 1.17 bits per heavy atom. The van der Waals surface area contributed by atoms with E-state index in [9.17, 15) is 52.8 Å². The topological polar surface area (TPSA) is 127 Å². The Labute approximate surface area is 306 Å². The summed E-state index contributed by atoms with van der Waals surface area (Å²) in [5.74, 6) is -3.45. The Morgan fingerprint density at radius 2 is 0.833 bits per heavy atom. The van der Waals surface area contributed by atoms with E-state index in [1.54, 1.807) is 60.7 Å². The summed E-state index contributed by atoms with van der Waals surface area (Å²) in [5.41, 5.74) is -11.7. The van der Waals surface area contributed by atoms with Crippen LogP contribution in [0.3, 0.4) is 0 Å². The van der Waals surface area contributed by atoms with Gasteiger partial charge in [-0.1, -0.05) is 84.9 Å². The second kappa shape index (κ2) is 15.9. The van der Waals surface area contributed by atoms with Crippen molar-refractivity contribution in [3.8, 4) is 11.5 Å². The Kier molecular flexibility index (Phi) is 11.8. The van der Waals surface area contributed by atoms with Crippen molar-refractivity contribution in [3.63, 3.8) is 0 Å². The first kappa shape index (κ1) is 39.8. The molecule has 0 N–H and O–H groups in total. The molecule has 0 bridgehead atoms. The quantitative estimate of drug-likeness (QED) is 0.0809. The third-order valence-electron chi connectivity index (χ3n) is 8.12. The summed E-state index contributed by atoms with van der Waals surface area (Å²) in [6.07, 6.45) is 0.684. The van der Waals surface area contributed by atoms with Gasteiger partial charge < -0.3 is 18.2 Å². The van der Waals surface area contributed by atoms with Crippen molar-refractivity contribution in [2.24, 2.45) is 0 Å². The molecular weight excluding hydrogens is 767 g/mol. The zero-order chi connectivity index (χ0) is 39.3. The van der Waals surface area contributed by atoms with E-state index in [1.165, 1.54) is 36.4 Å². The number of hydrogen-bond acceptors (Lipinski definition) is 8. The standard InChI is InChI=1S/C36H30F6N2O8S2/c37-35(38,39)53(47,48)51-31-21-11-9-19-29(31)43(23-25-13-3-1-4-14-25)33(45)27-17-7-8-18-28(27)34(46)44(24-26-15-5-2-6-16-26)30-20-10-12-22-32(30)52-54(49,50)36(40,41)42/h1-6,9-16,19-22H,7-8,17-18,23-24H2. The van der Waals surface area contributed by atoms with E-state index in [-0.39, 0.29) is 48.5 Å². The number of para-hydroxylation sites is 4. The zero-order valence-electron chi connectivity index (χ0n) is 27.9. The van der Waals surface area contributed by atoms with Gasteiger partial charge in [0, 0.05) is 11.1 Å². The summed E-state index contributed by atoms with van der Waals surface area (Å²) < 4.78 is 138. The molecule has 0 saturated heterocycles. The highest BCUT2D eigenvalue weighted by Gasteiger charge is 2.50. The minimum absolute atomic E-state index is 0.0329. The number of anilines is 2. The summed E-state index contributed by atoms with van der Waals surface area (Å²) in [6.45, 7) is -0.645. The third kappa shape index (κ3) is 9.04. The van der Waals surface area contributed by atoms with Crippen molar-refractivity contribution in [3.05, 3.63) is 131 Å². The number of carbonyl (C=O) groups is 2. The fraction of sp³-hybridized carbons (Fsp3) is 0.222. The van der Waals surface area contributed by atoms with Crippen LogP contribution in [-0.2, 0) is 42.9 Å². The van der Waals surface area contributed by atoms with Gasteiger partial charge in [0.1, 0.15) is 0 Å². The molecule has 4 aromatic carbocycles. The molecular formula is C36H30F6N2O8S2. The Balaban J connectivity index is 1.65. The zero-order valence-corrected chi connectivity index (χ0v) is 29.5. The number of rotatable bonds is 12. The van der Waals surface area contributed by atoms with Crippen molar-refractivity contribution in [2.75, 3.05) is 9.80 Å². The van der Waals surface area contributed by atoms with Crippen molar-refractivity contribution >= 4 is 43.4 Å². The van der Waals surface area contributed by atoms with Crippen molar-refractivity contribution in [1.29, 1.82) is 0 Å². The van der Waals surface area contributed by atoms with E-state index >= 15 is 0 Å². The van der Waals surface area contributed by atoms with Crippen molar-refractivity contribution in [2.45, 2.75) is 49.8 Å². The number of nitrogens with zero attached hydrogens (tertiary/aromatic N) is 2. The van der Waals surface area contributed by atoms with Crippen LogP contribution >= 0.6 is 0 Å². The summed E-state index contributed by atoms with van der Waals surface area (Å²) in [5, 5.41) is 0. The fourth-order valence-electron chi connectivity index (χ4n) is 5.60. The molecule has 4 aromatic rings. The van der Waals surface area contributed by atoms with Crippen LogP contribution in [0.15, 0.2) is 120 Å². The molecule has 10 nitrogen and oxygen atoms in total. The molecule has 0 fully saturated rings. The van der Waals surface area contributed by atoms with Gasteiger partial charge in [-0.05, 0) is 61.1 Å². The number of alkyl halides is 6. The molecule has 1 aliphatic rings. The van der Waals surface area contributed by atoms with Crippen LogP contribution in [-0.4, -0.2) is 39.7 Å². The average Bonchev–Trinajstić information content (AvgIpc) is 3.13. The lowest BCUT2D eigenvalue weighted by atomic mass is 9.89. The second-order valence-corrected chi connectivity index (χ2v) is 14.9. The van der Waals surface area contributed by atoms with Gasteiger partial charge in [-0.2, -0.15) is 43.2 Å². The molecule has 2 amide bonds. The van der Waals surface area contributed by atoms with Gasteiger partial charge in [-0.25, -0.2) is 0 Å². The van der Waals surface area contributed by atoms with Gasteiger partial charge in [0.05, 0.1) is 24.5 Å². The molecule has 1 aliphatic carbocycles. The molecule has 0 saturated carbocycles. The lowest BCUT2D eigenvalue weighted by Gasteiger charge is -2.31. The largest absolute Gasteiger partial charge is 0.534 e. The second-order valence-electron chi connectivity index (χ2n) is 11.8. The number of amides is 2. The molecule has 0 aromatic heterocycles. The van der Waals surface area contributed by atoms with E-state index in [4.69, 9.17) is 0 Å². The van der Waals surface area contributed by atoms with Crippen molar-refractivity contribution in [1.82, 2.24) is 0 Å². The maximum atomic E-state index is 14.7. The minimum atomic E-state index is -6.19. The number of benzene rings is 4. The highest BCUT2D eigenvalue weighted by Crippen LogP contribution is 2.39. The van der Waals surface area contributed by atoms with Crippen LogP contribution in [0.1, 0.15) is 36.8 Å². The van der Waals surface area contributed by atoms with E-state index < -0.39 is 54.6 Å². The van der Waals surface area contributed by atoms with Crippen LogP contribution in [0.5, 0.6) is 11.5 Å². The first-order valence-electron chi connectivity index (χ1n) is 16.0. The van der Waals surface area contributed by atoms with Crippen LogP contribution in [0.25, 0.3) is 0 Å². The van der Waals surface area contributed by atoms with Crippen LogP contribution < -0.4 is 18.2 Å². The monoisotopic (exact) mass is 796 g/mol. The molecule has 286 valence electrons. The first-order valence-corrected chi connectivity index (χ1v) is 18.8. The number of halogens is 6. The predicted octanol–water partition coefficient (Wildman–Crippen LogP) is 7.78. The van der Waals surface area contributed by atoms with Crippen LogP contribution in [0, 0.1) is 0 Å². The number of hydrogen-bond donors (Lipinski definition) is 0. The highest BCUT2D eigenvalue weighted by molar-refractivity contribution is 7.88. The minimum Gasteiger partial charge on any atom is -0.374 e. The summed E-state index contributed by atoms with van der Waals surface area (Å²) in [7, 11) is -12.4. The lowest BCUT2D eigenvalue weighted by Crippen LogP contribution is -2.38. The predicted molar refractivity (Wildman–Crippen MR) is 185 cm³/mol. The molecule has 0 aliphatic heterocycles. The van der Waals surface area contributed by atoms with Crippen LogP contribution in [0.2, 0.25) is 0 Å². The number of carbonyl (C=O) groups excluding carboxylic acids is 2. The maximum absolute atomic E-state index is 14.7. The normalized spacial score (nSPS) is 14.0. The van der Waals surface area contributed by atoms with Gasteiger partial charge >= 0.3 is 31.3 Å². The molecule has 5 rings (SSSR count). The molecule has 0 radical (unpaired) electrons. The summed E-state index contributed by atoms with van der Waals surface area (Å²) >= 11 is 0. The van der Waals surface area contributed by atoms with Crippen LogP contribution in [0.4, 0.5) is 37.7 Å². The Morgan fingerprint density at radius 1 is 0.519 bits per heavy atom. The lowest BCUT2D eigenvalue weighted by molar-refractivity contribution is -0.118. The van der Waals surface area contributed by atoms with Gasteiger partial charge in [0.2, 0.25) is 0 Å². The summed E-state index contributed by atoms with van der Waals surface area (Å²) in [6, 6.07) is 25.5. The maximum Gasteiger partial charge on any atom is 0.534 e. The molecule has 0 atom stereocenters. The van der Waals surface area contributed by atoms with Gasteiger partial charge in [-0.15, -0.1) is 0 Å². The molecule has 0 unspecified atom stereocenters. The average molecular weight is 797 g/mol. The van der Waals surface area contributed by atoms with Crippen molar-refractivity contribution < 1.29 is 61.1 Å². The fourth-order valence-corrected chi connectivity index (χ4v) is 6.54. The third-order valence-corrected chi connectivity index (χ3v) is 10.1. The Hall–Kier alpha value is -5.36. The smallest absolute Gasteiger partial charge is 0.374 e. The van der Waals surface area contributed by atoms with E-state index in [0.29, 0.717) is 24.0 Å². The van der Waals surface area contributed by atoms with Gasteiger partial charge in [0.15, 0.2) is 11.5 Å². The molecule has 54 heavy (non-hydrogen) atoms. The Bertz CT molecular complexity index is 2090. The van der Waals surface area contributed by atoms with E-state index in [2.05, 4.69) is 8.37 Å². The highest BCUT2D eigenvalue weighted by atomic mass is 32.2. The SMILES string of the molecule is O=C(C1=C(C(=O)N(Cc2ccccc2)c2ccccc2OS(=O)(=O)C(F)(F)F)CCCC1)N(Cc1ccccc1)c1ccccc1OS(=O)(=O)C(F)(F)F. The van der Waals surface area contributed by atoms with E-state index in [0.717, 1.165) is 21.9 Å².